The van der Waals surface area contributed by atoms with Crippen LogP contribution in [0, 0.1) is 0 Å². The number of thioether (sulfide) groups is 1. The van der Waals surface area contributed by atoms with Crippen LogP contribution in [0.2, 0.25) is 0 Å². The maximum atomic E-state index is 12.9. The number of benzene rings is 3. The van der Waals surface area contributed by atoms with E-state index in [2.05, 4.69) is 10.3 Å². The van der Waals surface area contributed by atoms with Gasteiger partial charge in [0.05, 0.1) is 25.5 Å². The van der Waals surface area contributed by atoms with E-state index in [0.717, 1.165) is 11.4 Å². The lowest BCUT2D eigenvalue weighted by molar-refractivity contribution is 0.101. The van der Waals surface area contributed by atoms with Gasteiger partial charge in [-0.3, -0.25) is 14.2 Å². The summed E-state index contributed by atoms with van der Waals surface area (Å²) in [6.07, 6.45) is 3.46. The van der Waals surface area contributed by atoms with E-state index in [-0.39, 0.29) is 17.4 Å². The summed E-state index contributed by atoms with van der Waals surface area (Å²) in [5.74, 6) is 0.927. The number of amides is 1. The quantitative estimate of drug-likeness (QED) is 0.269. The van der Waals surface area contributed by atoms with Crippen LogP contribution in [0.5, 0.6) is 11.5 Å². The van der Waals surface area contributed by atoms with E-state index in [1.807, 2.05) is 47.0 Å². The SMILES string of the molecule is COc1ccc(OC)c(C(=O)CSc2nccn2-c2cccc(C(=O)Nc3ccccc3)c2)c1. The second-order valence-electron chi connectivity index (χ2n) is 7.23. The summed E-state index contributed by atoms with van der Waals surface area (Å²) >= 11 is 1.31. The molecule has 3 aromatic carbocycles. The molecule has 0 saturated heterocycles. The largest absolute Gasteiger partial charge is 0.497 e. The number of para-hydroxylation sites is 1. The fourth-order valence-electron chi connectivity index (χ4n) is 3.35. The first kappa shape index (κ1) is 23.1. The molecule has 4 aromatic rings. The van der Waals surface area contributed by atoms with Crippen LogP contribution < -0.4 is 14.8 Å². The maximum absolute atomic E-state index is 12.9. The van der Waals surface area contributed by atoms with Gasteiger partial charge in [-0.05, 0) is 48.5 Å². The lowest BCUT2D eigenvalue weighted by Crippen LogP contribution is -2.12. The van der Waals surface area contributed by atoms with Gasteiger partial charge in [-0.1, -0.05) is 36.0 Å². The molecule has 8 heteroatoms. The van der Waals surface area contributed by atoms with Crippen LogP contribution in [0.4, 0.5) is 5.69 Å². The number of methoxy groups -OCH3 is 2. The number of ketones is 1. The molecule has 7 nitrogen and oxygen atoms in total. The van der Waals surface area contributed by atoms with Gasteiger partial charge in [0, 0.05) is 29.3 Å². The Balaban J connectivity index is 1.50. The van der Waals surface area contributed by atoms with Crippen molar-refractivity contribution in [3.05, 3.63) is 96.3 Å². The minimum Gasteiger partial charge on any atom is -0.497 e. The van der Waals surface area contributed by atoms with Crippen molar-refractivity contribution < 1.29 is 19.1 Å². The normalized spacial score (nSPS) is 10.5. The van der Waals surface area contributed by atoms with Crippen LogP contribution in [0.25, 0.3) is 5.69 Å². The molecule has 4 rings (SSSR count). The van der Waals surface area contributed by atoms with Crippen LogP contribution >= 0.6 is 11.8 Å². The highest BCUT2D eigenvalue weighted by Crippen LogP contribution is 2.27. The molecule has 0 saturated carbocycles. The van der Waals surface area contributed by atoms with Crippen LogP contribution in [0.3, 0.4) is 0 Å². The van der Waals surface area contributed by atoms with Crippen molar-refractivity contribution in [3.8, 4) is 17.2 Å². The van der Waals surface area contributed by atoms with Crippen molar-refractivity contribution in [2.75, 3.05) is 25.3 Å². The number of carbonyl (C=O) groups is 2. The van der Waals surface area contributed by atoms with Gasteiger partial charge in [-0.15, -0.1) is 0 Å². The molecule has 0 aliphatic rings. The predicted molar refractivity (Wildman–Crippen MR) is 133 cm³/mol. The predicted octanol–water partition coefficient (Wildman–Crippen LogP) is 5.12. The van der Waals surface area contributed by atoms with Crippen LogP contribution in [-0.2, 0) is 0 Å². The lowest BCUT2D eigenvalue weighted by atomic mass is 10.1. The van der Waals surface area contributed by atoms with E-state index in [0.29, 0.717) is 27.8 Å². The molecule has 0 bridgehead atoms. The molecule has 0 radical (unpaired) electrons. The number of anilines is 1. The number of Topliss-reactive ketones (excluding diaryl/α,β-unsaturated/α-hetero) is 1. The highest BCUT2D eigenvalue weighted by Gasteiger charge is 2.16. The number of aromatic nitrogens is 2. The number of nitrogens with one attached hydrogen (secondary N) is 1. The van der Waals surface area contributed by atoms with Crippen molar-refractivity contribution in [2.24, 2.45) is 0 Å². The number of imidazole rings is 1. The Kier molecular flexibility index (Phi) is 7.29. The molecule has 0 atom stereocenters. The van der Waals surface area contributed by atoms with Crippen molar-refractivity contribution in [1.82, 2.24) is 9.55 Å². The monoisotopic (exact) mass is 473 g/mol. The molecule has 172 valence electrons. The summed E-state index contributed by atoms with van der Waals surface area (Å²) in [7, 11) is 3.08. The van der Waals surface area contributed by atoms with Crippen molar-refractivity contribution >= 4 is 29.1 Å². The van der Waals surface area contributed by atoms with Gasteiger partial charge < -0.3 is 14.8 Å². The number of carbonyl (C=O) groups excluding carboxylic acids is 2. The summed E-state index contributed by atoms with van der Waals surface area (Å²) in [5, 5.41) is 3.52. The van der Waals surface area contributed by atoms with E-state index >= 15 is 0 Å². The molecular formula is C26H23N3O4S. The summed E-state index contributed by atoms with van der Waals surface area (Å²) in [5.41, 5.74) is 2.46. The molecule has 1 N–H and O–H groups in total. The highest BCUT2D eigenvalue weighted by atomic mass is 32.2. The van der Waals surface area contributed by atoms with Crippen LogP contribution in [0.15, 0.2) is 90.3 Å². The fourth-order valence-corrected chi connectivity index (χ4v) is 4.21. The molecule has 1 heterocycles. The topological polar surface area (TPSA) is 82.5 Å². The van der Waals surface area contributed by atoms with Gasteiger partial charge >= 0.3 is 0 Å². The van der Waals surface area contributed by atoms with Crippen molar-refractivity contribution in [1.29, 1.82) is 0 Å². The van der Waals surface area contributed by atoms with Gasteiger partial charge in [-0.25, -0.2) is 4.98 Å². The Morgan fingerprint density at radius 1 is 0.971 bits per heavy atom. The molecule has 1 amide bonds. The number of rotatable bonds is 9. The maximum Gasteiger partial charge on any atom is 0.255 e. The fraction of sp³-hybridized carbons (Fsp3) is 0.115. The number of hydrogen-bond donors (Lipinski definition) is 1. The lowest BCUT2D eigenvalue weighted by Gasteiger charge is -2.11. The molecular weight excluding hydrogens is 450 g/mol. The van der Waals surface area contributed by atoms with Crippen molar-refractivity contribution in [2.45, 2.75) is 5.16 Å². The number of hydrogen-bond acceptors (Lipinski definition) is 6. The molecule has 0 unspecified atom stereocenters. The van der Waals surface area contributed by atoms with Gasteiger partial charge in [0.15, 0.2) is 10.9 Å². The molecule has 34 heavy (non-hydrogen) atoms. The third kappa shape index (κ3) is 5.29. The Morgan fingerprint density at radius 2 is 1.79 bits per heavy atom. The average molecular weight is 474 g/mol. The smallest absolute Gasteiger partial charge is 0.255 e. The molecule has 0 spiro atoms. The summed E-state index contributed by atoms with van der Waals surface area (Å²) < 4.78 is 12.4. The van der Waals surface area contributed by atoms with Crippen LogP contribution in [0.1, 0.15) is 20.7 Å². The minimum absolute atomic E-state index is 0.105. The standard InChI is InChI=1S/C26H23N3O4S/c1-32-21-11-12-24(33-2)22(16-21)23(30)17-34-26-27-13-14-29(26)20-10-6-7-18(15-20)25(31)28-19-8-4-3-5-9-19/h3-16H,17H2,1-2H3,(H,28,31). The zero-order chi connectivity index (χ0) is 23.9. The van der Waals surface area contributed by atoms with E-state index < -0.39 is 0 Å². The van der Waals surface area contributed by atoms with Gasteiger partial charge in [0.25, 0.3) is 5.91 Å². The van der Waals surface area contributed by atoms with E-state index in [4.69, 9.17) is 9.47 Å². The van der Waals surface area contributed by atoms with E-state index in [1.165, 1.54) is 18.9 Å². The Morgan fingerprint density at radius 3 is 2.56 bits per heavy atom. The second kappa shape index (κ2) is 10.7. The van der Waals surface area contributed by atoms with Crippen LogP contribution in [-0.4, -0.2) is 41.2 Å². The summed E-state index contributed by atoms with van der Waals surface area (Å²) in [4.78, 5) is 30.0. The highest BCUT2D eigenvalue weighted by molar-refractivity contribution is 7.99. The first-order valence-corrected chi connectivity index (χ1v) is 11.5. The second-order valence-corrected chi connectivity index (χ2v) is 8.17. The third-order valence-electron chi connectivity index (χ3n) is 5.06. The molecule has 0 fully saturated rings. The zero-order valence-electron chi connectivity index (χ0n) is 18.7. The molecule has 1 aromatic heterocycles. The zero-order valence-corrected chi connectivity index (χ0v) is 19.5. The number of nitrogens with zero attached hydrogens (tertiary/aromatic N) is 2. The van der Waals surface area contributed by atoms with Gasteiger partial charge in [-0.2, -0.15) is 0 Å². The Bertz CT molecular complexity index is 1300. The van der Waals surface area contributed by atoms with Crippen molar-refractivity contribution in [3.63, 3.8) is 0 Å². The first-order valence-electron chi connectivity index (χ1n) is 10.5. The molecule has 0 aliphatic heterocycles. The van der Waals surface area contributed by atoms with Gasteiger partial charge in [0.2, 0.25) is 0 Å². The minimum atomic E-state index is -0.206. The summed E-state index contributed by atoms with van der Waals surface area (Å²) in [6, 6.07) is 21.7. The first-order chi connectivity index (χ1) is 16.6. The Hall–Kier alpha value is -4.04. The summed E-state index contributed by atoms with van der Waals surface area (Å²) in [6.45, 7) is 0. The Labute approximate surface area is 201 Å². The average Bonchev–Trinajstić information content (AvgIpc) is 3.36. The van der Waals surface area contributed by atoms with E-state index in [9.17, 15) is 9.59 Å². The van der Waals surface area contributed by atoms with Gasteiger partial charge in [0.1, 0.15) is 11.5 Å². The number of ether oxygens (including phenoxy) is 2. The molecule has 0 aliphatic carbocycles. The van der Waals surface area contributed by atoms with E-state index in [1.54, 1.807) is 49.8 Å². The third-order valence-corrected chi connectivity index (χ3v) is 6.03.